The molecule has 0 aliphatic carbocycles. The molecule has 0 aliphatic heterocycles. The van der Waals surface area contributed by atoms with Gasteiger partial charge in [0.05, 0.1) is 0 Å². The molecule has 0 saturated heterocycles. The quantitative estimate of drug-likeness (QED) is 0.867. The lowest BCUT2D eigenvalue weighted by molar-refractivity contribution is 0.102. The van der Waals surface area contributed by atoms with Gasteiger partial charge in [0.2, 0.25) is 0 Å². The van der Waals surface area contributed by atoms with Crippen LogP contribution in [0.3, 0.4) is 0 Å². The third kappa shape index (κ3) is 2.73. The molecule has 2 N–H and O–H groups in total. The standard InChI is InChI=1S/C15H16N2O2/c1-9-4-5-12(11(3)8-9)17-15(19)13-10(2)6-7-16-14(13)18/h4-8H,1-3H3,(H,16,18)(H,17,19). The van der Waals surface area contributed by atoms with E-state index >= 15 is 0 Å². The highest BCUT2D eigenvalue weighted by Gasteiger charge is 2.14. The topological polar surface area (TPSA) is 62.0 Å². The maximum atomic E-state index is 12.2. The first-order valence-corrected chi connectivity index (χ1v) is 6.06. The van der Waals surface area contributed by atoms with E-state index in [1.807, 2.05) is 32.0 Å². The lowest BCUT2D eigenvalue weighted by Crippen LogP contribution is -2.24. The number of benzene rings is 1. The van der Waals surface area contributed by atoms with E-state index in [2.05, 4.69) is 10.3 Å². The fraction of sp³-hybridized carbons (Fsp3) is 0.200. The number of aromatic amines is 1. The van der Waals surface area contributed by atoms with Crippen molar-refractivity contribution in [1.29, 1.82) is 0 Å². The van der Waals surface area contributed by atoms with Crippen LogP contribution < -0.4 is 10.9 Å². The number of H-pyrrole nitrogens is 1. The van der Waals surface area contributed by atoms with Gasteiger partial charge in [0.1, 0.15) is 5.56 Å². The molecular weight excluding hydrogens is 240 g/mol. The van der Waals surface area contributed by atoms with Crippen LogP contribution in [0.15, 0.2) is 35.3 Å². The molecule has 0 aliphatic rings. The molecule has 0 fully saturated rings. The molecule has 0 bridgehead atoms. The Hall–Kier alpha value is -2.36. The Morgan fingerprint density at radius 2 is 1.84 bits per heavy atom. The number of carbonyl (C=O) groups is 1. The average Bonchev–Trinajstić information content (AvgIpc) is 2.32. The molecular formula is C15H16N2O2. The molecule has 19 heavy (non-hydrogen) atoms. The zero-order valence-corrected chi connectivity index (χ0v) is 11.2. The van der Waals surface area contributed by atoms with Crippen LogP contribution in [0, 0.1) is 20.8 Å². The normalized spacial score (nSPS) is 10.3. The SMILES string of the molecule is Cc1ccc(NC(=O)c2c(C)cc[nH]c2=O)c(C)c1. The van der Waals surface area contributed by atoms with Crippen LogP contribution in [0.1, 0.15) is 27.0 Å². The van der Waals surface area contributed by atoms with E-state index in [0.29, 0.717) is 5.56 Å². The summed E-state index contributed by atoms with van der Waals surface area (Å²) in [6.07, 6.45) is 1.53. The Morgan fingerprint density at radius 3 is 2.47 bits per heavy atom. The van der Waals surface area contributed by atoms with Crippen molar-refractivity contribution < 1.29 is 4.79 Å². The van der Waals surface area contributed by atoms with Crippen LogP contribution in [0.25, 0.3) is 0 Å². The Balaban J connectivity index is 2.34. The molecule has 98 valence electrons. The fourth-order valence-corrected chi connectivity index (χ4v) is 2.00. The third-order valence-electron chi connectivity index (χ3n) is 3.03. The minimum Gasteiger partial charge on any atom is -0.328 e. The summed E-state index contributed by atoms with van der Waals surface area (Å²) < 4.78 is 0. The van der Waals surface area contributed by atoms with Gasteiger partial charge in [0.15, 0.2) is 0 Å². The molecule has 1 aromatic carbocycles. The molecule has 4 heteroatoms. The minimum atomic E-state index is -0.383. The van der Waals surface area contributed by atoms with Gasteiger partial charge in [-0.15, -0.1) is 0 Å². The van der Waals surface area contributed by atoms with Gasteiger partial charge >= 0.3 is 0 Å². The summed E-state index contributed by atoms with van der Waals surface area (Å²) >= 11 is 0. The number of hydrogen-bond acceptors (Lipinski definition) is 2. The number of anilines is 1. The first-order valence-electron chi connectivity index (χ1n) is 6.06. The van der Waals surface area contributed by atoms with Crippen molar-refractivity contribution in [2.75, 3.05) is 5.32 Å². The Kier molecular flexibility index (Phi) is 3.51. The monoisotopic (exact) mass is 256 g/mol. The summed E-state index contributed by atoms with van der Waals surface area (Å²) in [6, 6.07) is 7.45. The van der Waals surface area contributed by atoms with Gasteiger partial charge in [-0.1, -0.05) is 17.7 Å². The van der Waals surface area contributed by atoms with Crippen LogP contribution in [0.5, 0.6) is 0 Å². The first kappa shape index (κ1) is 13.1. The maximum absolute atomic E-state index is 12.2. The van der Waals surface area contributed by atoms with E-state index in [1.54, 1.807) is 13.0 Å². The number of nitrogens with one attached hydrogen (secondary N) is 2. The number of aryl methyl sites for hydroxylation is 3. The van der Waals surface area contributed by atoms with Gasteiger partial charge < -0.3 is 10.3 Å². The maximum Gasteiger partial charge on any atom is 0.261 e. The second-order valence-corrected chi connectivity index (χ2v) is 4.64. The largest absolute Gasteiger partial charge is 0.328 e. The van der Waals surface area contributed by atoms with Gasteiger partial charge in [-0.25, -0.2) is 0 Å². The summed E-state index contributed by atoms with van der Waals surface area (Å²) in [7, 11) is 0. The number of pyridine rings is 1. The molecule has 1 heterocycles. The summed E-state index contributed by atoms with van der Waals surface area (Å²) in [5.74, 6) is -0.383. The minimum absolute atomic E-state index is 0.155. The molecule has 4 nitrogen and oxygen atoms in total. The van der Waals surface area contributed by atoms with Crippen molar-refractivity contribution in [2.24, 2.45) is 0 Å². The van der Waals surface area contributed by atoms with E-state index in [0.717, 1.165) is 16.8 Å². The zero-order chi connectivity index (χ0) is 14.0. The van der Waals surface area contributed by atoms with Crippen LogP contribution in [-0.2, 0) is 0 Å². The van der Waals surface area contributed by atoms with Crippen molar-refractivity contribution in [2.45, 2.75) is 20.8 Å². The van der Waals surface area contributed by atoms with Gasteiger partial charge in [-0.2, -0.15) is 0 Å². The Bertz CT molecular complexity index is 687. The lowest BCUT2D eigenvalue weighted by Gasteiger charge is -2.09. The molecule has 0 spiro atoms. The Morgan fingerprint density at radius 1 is 1.11 bits per heavy atom. The predicted octanol–water partition coefficient (Wildman–Crippen LogP) is 2.55. The van der Waals surface area contributed by atoms with Gasteiger partial charge in [-0.05, 0) is 44.0 Å². The average molecular weight is 256 g/mol. The Labute approximate surface area is 111 Å². The lowest BCUT2D eigenvalue weighted by atomic mass is 10.1. The van der Waals surface area contributed by atoms with Crippen molar-refractivity contribution in [3.63, 3.8) is 0 Å². The summed E-state index contributed by atoms with van der Waals surface area (Å²) in [5, 5.41) is 2.78. The number of rotatable bonds is 2. The highest BCUT2D eigenvalue weighted by atomic mass is 16.2. The smallest absolute Gasteiger partial charge is 0.261 e. The van der Waals surface area contributed by atoms with E-state index in [-0.39, 0.29) is 17.0 Å². The summed E-state index contributed by atoms with van der Waals surface area (Å²) in [4.78, 5) is 26.4. The van der Waals surface area contributed by atoms with E-state index in [4.69, 9.17) is 0 Å². The van der Waals surface area contributed by atoms with E-state index in [9.17, 15) is 9.59 Å². The van der Waals surface area contributed by atoms with Crippen molar-refractivity contribution in [1.82, 2.24) is 4.98 Å². The van der Waals surface area contributed by atoms with Crippen LogP contribution in [0.2, 0.25) is 0 Å². The molecule has 0 atom stereocenters. The molecule has 1 amide bonds. The van der Waals surface area contributed by atoms with Gasteiger partial charge in [0, 0.05) is 11.9 Å². The van der Waals surface area contributed by atoms with E-state index < -0.39 is 0 Å². The molecule has 2 aromatic rings. The van der Waals surface area contributed by atoms with Crippen molar-refractivity contribution >= 4 is 11.6 Å². The number of carbonyl (C=O) groups excluding carboxylic acids is 1. The van der Waals surface area contributed by atoms with Gasteiger partial charge in [-0.3, -0.25) is 9.59 Å². The van der Waals surface area contributed by atoms with Crippen LogP contribution in [0.4, 0.5) is 5.69 Å². The number of amides is 1. The molecule has 0 unspecified atom stereocenters. The van der Waals surface area contributed by atoms with Crippen molar-refractivity contribution in [3.05, 3.63) is 63.1 Å². The van der Waals surface area contributed by atoms with Crippen LogP contribution >= 0.6 is 0 Å². The highest BCUT2D eigenvalue weighted by molar-refractivity contribution is 6.05. The fourth-order valence-electron chi connectivity index (χ4n) is 2.00. The molecule has 0 radical (unpaired) electrons. The predicted molar refractivity (Wildman–Crippen MR) is 75.7 cm³/mol. The molecule has 0 saturated carbocycles. The van der Waals surface area contributed by atoms with Crippen LogP contribution in [-0.4, -0.2) is 10.9 Å². The number of hydrogen-bond donors (Lipinski definition) is 2. The summed E-state index contributed by atoms with van der Waals surface area (Å²) in [6.45, 7) is 5.65. The zero-order valence-electron chi connectivity index (χ0n) is 11.2. The summed E-state index contributed by atoms with van der Waals surface area (Å²) in [5.41, 5.74) is 3.26. The van der Waals surface area contributed by atoms with Gasteiger partial charge in [0.25, 0.3) is 11.5 Å². The third-order valence-corrected chi connectivity index (χ3v) is 3.03. The van der Waals surface area contributed by atoms with E-state index in [1.165, 1.54) is 6.20 Å². The highest BCUT2D eigenvalue weighted by Crippen LogP contribution is 2.17. The van der Waals surface area contributed by atoms with Crippen molar-refractivity contribution in [3.8, 4) is 0 Å². The second-order valence-electron chi connectivity index (χ2n) is 4.64. The number of aromatic nitrogens is 1. The first-order chi connectivity index (χ1) is 8.99. The second kappa shape index (κ2) is 5.10. The molecule has 2 rings (SSSR count). The molecule has 1 aromatic heterocycles.